The van der Waals surface area contributed by atoms with Crippen LogP contribution in [0.15, 0.2) is 24.3 Å². The molecule has 2 aromatic rings. The van der Waals surface area contributed by atoms with E-state index in [1.54, 1.807) is 0 Å². The molecule has 0 atom stereocenters. The predicted octanol–water partition coefficient (Wildman–Crippen LogP) is 2.93. The molecule has 2 amide bonds. The Labute approximate surface area is 148 Å². The number of hydrogen-bond donors (Lipinski definition) is 2. The minimum absolute atomic E-state index is 0.0371. The van der Waals surface area contributed by atoms with Gasteiger partial charge in [-0.1, -0.05) is 24.6 Å². The van der Waals surface area contributed by atoms with Crippen LogP contribution in [0, 0.1) is 6.92 Å². The van der Waals surface area contributed by atoms with Gasteiger partial charge in [0.2, 0.25) is 11.8 Å². The third-order valence-corrected chi connectivity index (χ3v) is 4.96. The monoisotopic (exact) mass is 341 g/mol. The van der Waals surface area contributed by atoms with Crippen LogP contribution in [-0.4, -0.2) is 41.3 Å². The lowest BCUT2D eigenvalue weighted by atomic mass is 10.1. The van der Waals surface area contributed by atoms with Crippen molar-refractivity contribution in [3.63, 3.8) is 0 Å². The number of hydrogen-bond acceptors (Lipinski definition) is 2. The van der Waals surface area contributed by atoms with Gasteiger partial charge in [-0.05, 0) is 37.8 Å². The number of nitrogens with one attached hydrogen (secondary N) is 2. The van der Waals surface area contributed by atoms with Gasteiger partial charge in [-0.3, -0.25) is 9.59 Å². The van der Waals surface area contributed by atoms with Crippen LogP contribution in [0.3, 0.4) is 0 Å². The van der Waals surface area contributed by atoms with Crippen LogP contribution in [0.4, 0.5) is 0 Å². The van der Waals surface area contributed by atoms with Crippen molar-refractivity contribution < 1.29 is 9.59 Å². The molecule has 0 aliphatic carbocycles. The zero-order valence-corrected chi connectivity index (χ0v) is 14.9. The Kier molecular flexibility index (Phi) is 5.74. The minimum Gasteiger partial charge on any atom is -0.358 e. The summed E-state index contributed by atoms with van der Waals surface area (Å²) >= 11 is 0. The molecule has 134 valence electrons. The van der Waals surface area contributed by atoms with Crippen molar-refractivity contribution in [2.75, 3.05) is 19.6 Å². The first kappa shape index (κ1) is 17.5. The maximum atomic E-state index is 12.3. The van der Waals surface area contributed by atoms with Crippen molar-refractivity contribution in [2.24, 2.45) is 0 Å². The normalized spacial score (nSPS) is 15.4. The summed E-state index contributed by atoms with van der Waals surface area (Å²) in [6, 6.07) is 8.07. The number of amides is 2. The predicted molar refractivity (Wildman–Crippen MR) is 99.4 cm³/mol. The average Bonchev–Trinajstić information content (AvgIpc) is 2.76. The quantitative estimate of drug-likeness (QED) is 0.794. The Bertz CT molecular complexity index is 750. The summed E-state index contributed by atoms with van der Waals surface area (Å²) in [4.78, 5) is 29.5. The van der Waals surface area contributed by atoms with Crippen molar-refractivity contribution in [3.8, 4) is 0 Å². The van der Waals surface area contributed by atoms with Gasteiger partial charge in [0.15, 0.2) is 0 Å². The first-order chi connectivity index (χ1) is 12.1. The lowest BCUT2D eigenvalue weighted by Crippen LogP contribution is -2.34. The van der Waals surface area contributed by atoms with Crippen LogP contribution < -0.4 is 5.32 Å². The number of carbonyl (C=O) groups is 2. The zero-order valence-electron chi connectivity index (χ0n) is 14.9. The molecule has 5 heteroatoms. The van der Waals surface area contributed by atoms with Crippen molar-refractivity contribution in [1.29, 1.82) is 0 Å². The largest absolute Gasteiger partial charge is 0.358 e. The smallest absolute Gasteiger partial charge is 0.224 e. The summed E-state index contributed by atoms with van der Waals surface area (Å²) in [5, 5.41) is 4.11. The highest BCUT2D eigenvalue weighted by molar-refractivity contribution is 5.90. The molecule has 0 saturated carbocycles. The molecule has 0 spiro atoms. The topological polar surface area (TPSA) is 65.2 Å². The summed E-state index contributed by atoms with van der Waals surface area (Å²) in [7, 11) is 0. The molecule has 1 aromatic carbocycles. The highest BCUT2D eigenvalue weighted by Gasteiger charge is 2.16. The van der Waals surface area contributed by atoms with E-state index in [0.717, 1.165) is 60.9 Å². The van der Waals surface area contributed by atoms with Crippen LogP contribution in [-0.2, 0) is 16.0 Å². The third-order valence-electron chi connectivity index (χ3n) is 4.96. The molecule has 1 aromatic heterocycles. The fraction of sp³-hybridized carbons (Fsp3) is 0.500. The number of aromatic nitrogens is 1. The van der Waals surface area contributed by atoms with Crippen molar-refractivity contribution in [3.05, 3.63) is 35.5 Å². The van der Waals surface area contributed by atoms with Crippen LogP contribution in [0.25, 0.3) is 10.9 Å². The van der Waals surface area contributed by atoms with Gasteiger partial charge in [0.1, 0.15) is 0 Å². The van der Waals surface area contributed by atoms with Crippen LogP contribution in [0.2, 0.25) is 0 Å². The minimum atomic E-state index is 0.0371. The fourth-order valence-corrected chi connectivity index (χ4v) is 3.56. The van der Waals surface area contributed by atoms with Crippen LogP contribution >= 0.6 is 0 Å². The Morgan fingerprint density at radius 2 is 2.08 bits per heavy atom. The molecule has 2 N–H and O–H groups in total. The Balaban J connectivity index is 1.46. The van der Waals surface area contributed by atoms with Gasteiger partial charge >= 0.3 is 0 Å². The second-order valence-corrected chi connectivity index (χ2v) is 6.85. The highest BCUT2D eigenvalue weighted by Crippen LogP contribution is 2.22. The highest BCUT2D eigenvalue weighted by atomic mass is 16.2. The molecule has 3 rings (SSSR count). The lowest BCUT2D eigenvalue weighted by Gasteiger charge is -2.20. The van der Waals surface area contributed by atoms with E-state index >= 15 is 0 Å². The maximum Gasteiger partial charge on any atom is 0.224 e. The van der Waals surface area contributed by atoms with Gasteiger partial charge in [-0.2, -0.15) is 0 Å². The van der Waals surface area contributed by atoms with E-state index in [-0.39, 0.29) is 11.8 Å². The van der Waals surface area contributed by atoms with E-state index in [1.807, 2.05) is 36.1 Å². The van der Waals surface area contributed by atoms with Crippen molar-refractivity contribution >= 4 is 22.7 Å². The molecule has 0 unspecified atom stereocenters. The van der Waals surface area contributed by atoms with E-state index in [0.29, 0.717) is 19.4 Å². The molecule has 1 aliphatic rings. The van der Waals surface area contributed by atoms with Gasteiger partial charge in [0.05, 0.1) is 6.42 Å². The number of aromatic amines is 1. The van der Waals surface area contributed by atoms with Gasteiger partial charge in [0, 0.05) is 42.7 Å². The Hall–Kier alpha value is -2.30. The van der Waals surface area contributed by atoms with Gasteiger partial charge in [-0.25, -0.2) is 0 Å². The average molecular weight is 341 g/mol. The summed E-state index contributed by atoms with van der Waals surface area (Å²) < 4.78 is 0. The molecular formula is C20H27N3O2. The Morgan fingerprint density at radius 3 is 2.96 bits per heavy atom. The molecule has 1 fully saturated rings. The molecule has 5 nitrogen and oxygen atoms in total. The number of carbonyl (C=O) groups excluding carboxylic acids is 2. The summed E-state index contributed by atoms with van der Waals surface area (Å²) in [5.41, 5.74) is 3.18. The Morgan fingerprint density at radius 1 is 1.24 bits per heavy atom. The number of likely N-dealkylation sites (tertiary alicyclic amines) is 1. The van der Waals surface area contributed by atoms with Gasteiger partial charge < -0.3 is 15.2 Å². The fourth-order valence-electron chi connectivity index (χ4n) is 3.56. The summed E-state index contributed by atoms with van der Waals surface area (Å²) in [6.07, 6.45) is 5.12. The SMILES string of the molecule is Cc1[nH]c2ccccc2c1CC(=O)NCCCN1CCCCCC1=O. The molecule has 1 saturated heterocycles. The van der Waals surface area contributed by atoms with Crippen molar-refractivity contribution in [1.82, 2.24) is 15.2 Å². The zero-order chi connectivity index (χ0) is 17.6. The number of rotatable bonds is 6. The second kappa shape index (κ2) is 8.19. The molecule has 0 radical (unpaired) electrons. The van der Waals surface area contributed by atoms with Crippen molar-refractivity contribution in [2.45, 2.75) is 45.4 Å². The van der Waals surface area contributed by atoms with E-state index in [2.05, 4.69) is 10.3 Å². The number of H-pyrrole nitrogens is 1. The molecular weight excluding hydrogens is 314 g/mol. The van der Waals surface area contributed by atoms with Crippen LogP contribution in [0.5, 0.6) is 0 Å². The number of benzene rings is 1. The first-order valence-corrected chi connectivity index (χ1v) is 9.26. The molecule has 1 aliphatic heterocycles. The number of aryl methyl sites for hydroxylation is 1. The molecule has 2 heterocycles. The van der Waals surface area contributed by atoms with Crippen LogP contribution in [0.1, 0.15) is 43.4 Å². The van der Waals surface area contributed by atoms with E-state index in [4.69, 9.17) is 0 Å². The number of fused-ring (bicyclic) bond motifs is 1. The van der Waals surface area contributed by atoms with E-state index in [9.17, 15) is 9.59 Å². The van der Waals surface area contributed by atoms with Gasteiger partial charge in [0.25, 0.3) is 0 Å². The first-order valence-electron chi connectivity index (χ1n) is 9.26. The van der Waals surface area contributed by atoms with Gasteiger partial charge in [-0.15, -0.1) is 0 Å². The number of nitrogens with zero attached hydrogens (tertiary/aromatic N) is 1. The van der Waals surface area contributed by atoms with E-state index < -0.39 is 0 Å². The standard InChI is InChI=1S/C20H27N3O2/c1-15-17(16-8-4-5-9-18(16)22-15)14-19(24)21-11-7-13-23-12-6-2-3-10-20(23)25/h4-5,8-9,22H,2-3,6-7,10-14H2,1H3,(H,21,24). The third kappa shape index (κ3) is 4.41. The molecule has 0 bridgehead atoms. The lowest BCUT2D eigenvalue weighted by molar-refractivity contribution is -0.130. The van der Waals surface area contributed by atoms with E-state index in [1.165, 1.54) is 0 Å². The summed E-state index contributed by atoms with van der Waals surface area (Å²) in [5.74, 6) is 0.299. The maximum absolute atomic E-state index is 12.3. The number of para-hydroxylation sites is 1. The second-order valence-electron chi connectivity index (χ2n) is 6.85. The summed E-state index contributed by atoms with van der Waals surface area (Å²) in [6.45, 7) is 4.23. The molecule has 25 heavy (non-hydrogen) atoms.